The van der Waals surface area contributed by atoms with Crippen molar-refractivity contribution in [3.63, 3.8) is 0 Å². The van der Waals surface area contributed by atoms with Gasteiger partial charge in [0.2, 0.25) is 5.91 Å². The van der Waals surface area contributed by atoms with Crippen molar-refractivity contribution in [1.29, 1.82) is 0 Å². The van der Waals surface area contributed by atoms with Gasteiger partial charge in [0.05, 0.1) is 5.69 Å². The molecule has 2 aromatic heterocycles. The van der Waals surface area contributed by atoms with Crippen molar-refractivity contribution in [2.75, 3.05) is 13.6 Å². The molecule has 0 unspecified atom stereocenters. The van der Waals surface area contributed by atoms with Crippen LogP contribution in [0.1, 0.15) is 45.9 Å². The number of rotatable bonds is 4. The lowest BCUT2D eigenvalue weighted by Crippen LogP contribution is -2.54. The molecule has 9 heteroatoms. The van der Waals surface area contributed by atoms with Crippen LogP contribution in [0.3, 0.4) is 0 Å². The Labute approximate surface area is 175 Å². The van der Waals surface area contributed by atoms with Gasteiger partial charge in [0.1, 0.15) is 16.7 Å². The second-order valence-corrected chi connectivity index (χ2v) is 9.59. The molecule has 0 bridgehead atoms. The molecule has 8 nitrogen and oxygen atoms in total. The molecule has 1 aliphatic heterocycles. The molecule has 29 heavy (non-hydrogen) atoms. The Hall–Kier alpha value is -2.26. The minimum atomic E-state index is -0.668. The van der Waals surface area contributed by atoms with Gasteiger partial charge in [-0.1, -0.05) is 20.8 Å². The maximum absolute atomic E-state index is 13.2. The number of nitrogens with one attached hydrogen (secondary N) is 2. The molecule has 158 valence electrons. The largest absolute Gasteiger partial charge is 0.357 e. The van der Waals surface area contributed by atoms with Crippen LogP contribution in [-0.4, -0.2) is 57.3 Å². The Morgan fingerprint density at radius 3 is 2.55 bits per heavy atom. The van der Waals surface area contributed by atoms with Crippen molar-refractivity contribution < 1.29 is 9.59 Å². The van der Waals surface area contributed by atoms with E-state index in [1.165, 1.54) is 16.0 Å². The molecule has 0 spiro atoms. The van der Waals surface area contributed by atoms with E-state index in [2.05, 4.69) is 39.5 Å². The third-order valence-corrected chi connectivity index (χ3v) is 6.07. The van der Waals surface area contributed by atoms with Crippen LogP contribution in [-0.2, 0) is 17.8 Å². The van der Waals surface area contributed by atoms with Crippen molar-refractivity contribution in [2.24, 2.45) is 5.41 Å². The lowest BCUT2D eigenvalue weighted by molar-refractivity contribution is -0.124. The predicted octanol–water partition coefficient (Wildman–Crippen LogP) is 2.49. The van der Waals surface area contributed by atoms with E-state index in [0.29, 0.717) is 6.04 Å². The van der Waals surface area contributed by atoms with Gasteiger partial charge in [0.15, 0.2) is 0 Å². The SMILES string of the molecule is CNC(=O)[C@@H](NC(=O)n1nc(-c2nccs2)c2c1CCN(C(C)C)C2)C(C)(C)C. The van der Waals surface area contributed by atoms with Crippen LogP contribution in [0.2, 0.25) is 0 Å². The van der Waals surface area contributed by atoms with Crippen LogP contribution in [0.5, 0.6) is 0 Å². The number of hydrogen-bond acceptors (Lipinski definition) is 6. The molecule has 0 saturated heterocycles. The van der Waals surface area contributed by atoms with E-state index in [1.54, 1.807) is 13.2 Å². The van der Waals surface area contributed by atoms with Gasteiger partial charge in [0, 0.05) is 49.7 Å². The Bertz CT molecular complexity index is 882. The van der Waals surface area contributed by atoms with E-state index in [0.717, 1.165) is 41.5 Å². The summed E-state index contributed by atoms with van der Waals surface area (Å²) in [5, 5.41) is 12.9. The first kappa shape index (κ1) is 21.4. The molecule has 0 radical (unpaired) electrons. The van der Waals surface area contributed by atoms with Gasteiger partial charge in [-0.3, -0.25) is 9.69 Å². The Kier molecular flexibility index (Phi) is 6.09. The third kappa shape index (κ3) is 4.35. The number of aromatic nitrogens is 3. The molecular formula is C20H30N6O2S. The maximum atomic E-state index is 13.2. The first-order valence-corrected chi connectivity index (χ1v) is 10.8. The summed E-state index contributed by atoms with van der Waals surface area (Å²) in [6.45, 7) is 11.7. The fraction of sp³-hybridized carbons (Fsp3) is 0.600. The third-order valence-electron chi connectivity index (χ3n) is 5.29. The van der Waals surface area contributed by atoms with E-state index in [4.69, 9.17) is 0 Å². The maximum Gasteiger partial charge on any atom is 0.343 e. The van der Waals surface area contributed by atoms with Gasteiger partial charge >= 0.3 is 6.03 Å². The molecule has 3 rings (SSSR count). The van der Waals surface area contributed by atoms with Crippen LogP contribution < -0.4 is 10.6 Å². The highest BCUT2D eigenvalue weighted by Crippen LogP contribution is 2.32. The van der Waals surface area contributed by atoms with E-state index >= 15 is 0 Å². The van der Waals surface area contributed by atoms with Crippen molar-refractivity contribution >= 4 is 23.3 Å². The average Bonchev–Trinajstić information content (AvgIpc) is 3.31. The molecule has 0 aliphatic carbocycles. The summed E-state index contributed by atoms with van der Waals surface area (Å²) in [5.74, 6) is -0.224. The molecule has 1 atom stereocenters. The van der Waals surface area contributed by atoms with Crippen LogP contribution in [0.15, 0.2) is 11.6 Å². The lowest BCUT2D eigenvalue weighted by atomic mass is 9.86. The molecule has 2 amide bonds. The molecule has 2 N–H and O–H groups in total. The zero-order valence-corrected chi connectivity index (χ0v) is 18.8. The minimum Gasteiger partial charge on any atom is -0.357 e. The van der Waals surface area contributed by atoms with Crippen molar-refractivity contribution in [2.45, 2.75) is 59.7 Å². The van der Waals surface area contributed by atoms with E-state index in [-0.39, 0.29) is 11.9 Å². The van der Waals surface area contributed by atoms with Crippen LogP contribution in [0.25, 0.3) is 10.7 Å². The number of amides is 2. The van der Waals surface area contributed by atoms with Crippen LogP contribution in [0.4, 0.5) is 4.79 Å². The zero-order valence-electron chi connectivity index (χ0n) is 17.9. The average molecular weight is 419 g/mol. The molecule has 2 aromatic rings. The summed E-state index contributed by atoms with van der Waals surface area (Å²) in [5.41, 5.74) is 2.26. The smallest absolute Gasteiger partial charge is 0.343 e. The summed E-state index contributed by atoms with van der Waals surface area (Å²) in [6.07, 6.45) is 2.47. The number of fused-ring (bicyclic) bond motifs is 1. The fourth-order valence-electron chi connectivity index (χ4n) is 3.57. The van der Waals surface area contributed by atoms with Gasteiger partial charge in [-0.25, -0.2) is 9.78 Å². The second-order valence-electron chi connectivity index (χ2n) is 8.70. The summed E-state index contributed by atoms with van der Waals surface area (Å²) in [6, 6.07) is -0.646. The lowest BCUT2D eigenvalue weighted by Gasteiger charge is -2.31. The number of hydrogen-bond donors (Lipinski definition) is 2. The molecular weight excluding hydrogens is 388 g/mol. The molecule has 0 saturated carbocycles. The van der Waals surface area contributed by atoms with E-state index < -0.39 is 11.5 Å². The highest BCUT2D eigenvalue weighted by atomic mass is 32.1. The van der Waals surface area contributed by atoms with Gasteiger partial charge in [-0.05, 0) is 19.3 Å². The van der Waals surface area contributed by atoms with Crippen LogP contribution >= 0.6 is 11.3 Å². The number of carbonyl (C=O) groups is 2. The first-order chi connectivity index (χ1) is 13.6. The van der Waals surface area contributed by atoms with Crippen molar-refractivity contribution in [1.82, 2.24) is 30.3 Å². The van der Waals surface area contributed by atoms with Gasteiger partial charge < -0.3 is 10.6 Å². The minimum absolute atomic E-state index is 0.224. The quantitative estimate of drug-likeness (QED) is 0.796. The highest BCUT2D eigenvalue weighted by molar-refractivity contribution is 7.13. The van der Waals surface area contributed by atoms with Gasteiger partial charge in [0.25, 0.3) is 0 Å². The number of likely N-dealkylation sites (N-methyl/N-ethyl adjacent to an activating group) is 1. The van der Waals surface area contributed by atoms with Crippen LogP contribution in [0, 0.1) is 5.41 Å². The standard InChI is InChI=1S/C20H30N6O2S/c1-12(2)25-9-7-14-13(11-25)15(18-22-8-10-29-18)24-26(14)19(28)23-16(17(27)21-6)20(3,4)5/h8,10,12,16H,7,9,11H2,1-6H3,(H,21,27)(H,23,28)/t16-/m1/s1. The fourth-order valence-corrected chi connectivity index (χ4v) is 4.21. The molecule has 1 aliphatic rings. The first-order valence-electron chi connectivity index (χ1n) is 9.90. The highest BCUT2D eigenvalue weighted by Gasteiger charge is 2.35. The Morgan fingerprint density at radius 1 is 1.28 bits per heavy atom. The summed E-state index contributed by atoms with van der Waals surface area (Å²) < 4.78 is 1.44. The monoisotopic (exact) mass is 418 g/mol. The van der Waals surface area contributed by atoms with Gasteiger partial charge in [-0.15, -0.1) is 11.3 Å². The predicted molar refractivity (Wildman–Crippen MR) is 114 cm³/mol. The van der Waals surface area contributed by atoms with Crippen molar-refractivity contribution in [3.8, 4) is 10.7 Å². The number of carbonyl (C=O) groups excluding carboxylic acids is 2. The Balaban J connectivity index is 1.99. The topological polar surface area (TPSA) is 92.2 Å². The van der Waals surface area contributed by atoms with Gasteiger partial charge in [-0.2, -0.15) is 9.78 Å². The molecule has 3 heterocycles. The normalized spacial score (nSPS) is 15.8. The zero-order chi connectivity index (χ0) is 21.3. The van der Waals surface area contributed by atoms with Crippen molar-refractivity contribution in [3.05, 3.63) is 22.8 Å². The molecule has 0 aromatic carbocycles. The van der Waals surface area contributed by atoms with E-state index in [9.17, 15) is 9.59 Å². The number of nitrogens with zero attached hydrogens (tertiary/aromatic N) is 4. The molecule has 0 fully saturated rings. The Morgan fingerprint density at radius 2 is 2.00 bits per heavy atom. The summed E-state index contributed by atoms with van der Waals surface area (Å²) in [7, 11) is 1.57. The number of thiazole rings is 1. The second kappa shape index (κ2) is 8.23. The van der Waals surface area contributed by atoms with E-state index in [1.807, 2.05) is 26.2 Å². The summed E-state index contributed by atoms with van der Waals surface area (Å²) in [4.78, 5) is 32.3. The summed E-state index contributed by atoms with van der Waals surface area (Å²) >= 11 is 1.51.